The van der Waals surface area contributed by atoms with Gasteiger partial charge in [0.2, 0.25) is 0 Å². The van der Waals surface area contributed by atoms with Crippen LogP contribution in [0.25, 0.3) is 12.2 Å². The van der Waals surface area contributed by atoms with Gasteiger partial charge in [-0.2, -0.15) is 0 Å². The van der Waals surface area contributed by atoms with E-state index in [1.807, 2.05) is 0 Å². The van der Waals surface area contributed by atoms with Gasteiger partial charge in [0.1, 0.15) is 11.5 Å². The third-order valence-corrected chi connectivity index (χ3v) is 3.82. The first-order chi connectivity index (χ1) is 12.4. The Morgan fingerprint density at radius 1 is 0.815 bits per heavy atom. The van der Waals surface area contributed by atoms with Crippen molar-refractivity contribution in [2.75, 3.05) is 0 Å². The molecule has 0 atom stereocenters. The lowest BCUT2D eigenvalue weighted by Crippen LogP contribution is -1.94. The Balaban J connectivity index is 2.34. The van der Waals surface area contributed by atoms with E-state index >= 15 is 0 Å². The Bertz CT molecular complexity index is 918. The summed E-state index contributed by atoms with van der Waals surface area (Å²) in [6.45, 7) is 0. The standard InChI is InChI=1S/C14H13NO10P2/c16-15(17)12-5-3-10(4-6-12)1-2-11-7-13(24-26(18,19)20)9-14(8-11)25-27(21,22)23/h1-9H,(H2,18,19,20)(H2,21,22,23). The molecule has 0 heterocycles. The Hall–Kier alpha value is -2.52. The van der Waals surface area contributed by atoms with Crippen LogP contribution >= 0.6 is 15.6 Å². The van der Waals surface area contributed by atoms with E-state index in [-0.39, 0.29) is 22.7 Å². The van der Waals surface area contributed by atoms with Gasteiger partial charge in [0.15, 0.2) is 0 Å². The van der Waals surface area contributed by atoms with E-state index in [0.717, 1.165) is 6.07 Å². The number of nitro groups is 1. The number of phosphoric acid groups is 2. The SMILES string of the molecule is O=[N+]([O-])c1ccc(C=Cc2cc(OP(=O)(O)O)cc(OP(=O)(O)O)c2)cc1. The second kappa shape index (κ2) is 8.01. The molecule has 0 amide bonds. The molecule has 0 saturated heterocycles. The first-order valence-corrected chi connectivity index (χ1v) is 10.1. The first kappa shape index (κ1) is 20.8. The molecule has 4 N–H and O–H groups in total. The summed E-state index contributed by atoms with van der Waals surface area (Å²) in [5.74, 6) is -0.754. The van der Waals surface area contributed by atoms with Crippen LogP contribution in [0.4, 0.5) is 5.69 Å². The summed E-state index contributed by atoms with van der Waals surface area (Å²) in [4.78, 5) is 45.6. The van der Waals surface area contributed by atoms with Crippen molar-refractivity contribution < 1.29 is 42.7 Å². The molecule has 2 aromatic carbocycles. The highest BCUT2D eigenvalue weighted by atomic mass is 31.2. The predicted molar refractivity (Wildman–Crippen MR) is 93.8 cm³/mol. The van der Waals surface area contributed by atoms with Gasteiger partial charge in [-0.05, 0) is 35.4 Å². The van der Waals surface area contributed by atoms with Crippen LogP contribution < -0.4 is 9.05 Å². The number of benzene rings is 2. The second-order valence-corrected chi connectivity index (χ2v) is 7.41. The van der Waals surface area contributed by atoms with E-state index in [4.69, 9.17) is 19.6 Å². The quantitative estimate of drug-likeness (QED) is 0.227. The molecular weight excluding hydrogens is 404 g/mol. The first-order valence-electron chi connectivity index (χ1n) is 6.99. The molecule has 11 nitrogen and oxygen atoms in total. The Morgan fingerprint density at radius 3 is 1.67 bits per heavy atom. The van der Waals surface area contributed by atoms with Gasteiger partial charge in [0, 0.05) is 18.2 Å². The van der Waals surface area contributed by atoms with E-state index in [0.29, 0.717) is 5.56 Å². The molecule has 0 fully saturated rings. The van der Waals surface area contributed by atoms with Crippen LogP contribution in [0.15, 0.2) is 42.5 Å². The van der Waals surface area contributed by atoms with E-state index in [1.165, 1.54) is 48.6 Å². The fourth-order valence-electron chi connectivity index (χ4n) is 1.97. The van der Waals surface area contributed by atoms with E-state index in [9.17, 15) is 19.2 Å². The minimum atomic E-state index is -4.91. The molecule has 0 radical (unpaired) electrons. The maximum atomic E-state index is 11.0. The number of nitro benzene ring substituents is 1. The molecule has 0 bridgehead atoms. The third-order valence-electron chi connectivity index (χ3n) is 2.92. The number of non-ortho nitro benzene ring substituents is 1. The van der Waals surface area contributed by atoms with Crippen LogP contribution in [0.2, 0.25) is 0 Å². The minimum absolute atomic E-state index is 0.0958. The third kappa shape index (κ3) is 7.32. The van der Waals surface area contributed by atoms with Gasteiger partial charge in [0.05, 0.1) is 4.92 Å². The van der Waals surface area contributed by atoms with Crippen LogP contribution in [0.3, 0.4) is 0 Å². The maximum Gasteiger partial charge on any atom is 0.524 e. The number of rotatable bonds is 7. The van der Waals surface area contributed by atoms with Gasteiger partial charge in [-0.25, -0.2) is 9.13 Å². The van der Waals surface area contributed by atoms with Crippen LogP contribution in [0.5, 0.6) is 11.5 Å². The van der Waals surface area contributed by atoms with E-state index in [2.05, 4.69) is 9.05 Å². The molecule has 0 unspecified atom stereocenters. The molecule has 2 rings (SSSR count). The topological polar surface area (TPSA) is 177 Å². The summed E-state index contributed by atoms with van der Waals surface area (Å²) in [6.07, 6.45) is 2.95. The zero-order valence-electron chi connectivity index (χ0n) is 13.3. The molecule has 0 aromatic heterocycles. The largest absolute Gasteiger partial charge is 0.524 e. The molecule has 0 aliphatic heterocycles. The fraction of sp³-hybridized carbons (Fsp3) is 0. The van der Waals surface area contributed by atoms with Crippen molar-refractivity contribution in [2.45, 2.75) is 0 Å². The number of phosphoric ester groups is 2. The maximum absolute atomic E-state index is 11.0. The number of hydrogen-bond donors (Lipinski definition) is 4. The Morgan fingerprint density at radius 2 is 1.26 bits per heavy atom. The molecule has 0 aliphatic carbocycles. The van der Waals surface area contributed by atoms with Gasteiger partial charge >= 0.3 is 15.6 Å². The lowest BCUT2D eigenvalue weighted by atomic mass is 10.1. The second-order valence-electron chi connectivity index (χ2n) is 5.08. The van der Waals surface area contributed by atoms with Gasteiger partial charge in [-0.1, -0.05) is 12.2 Å². The average Bonchev–Trinajstić information content (AvgIpc) is 2.49. The Kier molecular flexibility index (Phi) is 6.17. The fourth-order valence-corrected chi connectivity index (χ4v) is 2.73. The van der Waals surface area contributed by atoms with E-state index in [1.54, 1.807) is 0 Å². The number of hydrogen-bond acceptors (Lipinski definition) is 6. The van der Waals surface area contributed by atoms with Crippen LogP contribution in [0.1, 0.15) is 11.1 Å². The van der Waals surface area contributed by atoms with Gasteiger partial charge < -0.3 is 9.05 Å². The van der Waals surface area contributed by atoms with Gasteiger partial charge in [0.25, 0.3) is 5.69 Å². The van der Waals surface area contributed by atoms with Crippen molar-refractivity contribution in [1.82, 2.24) is 0 Å². The zero-order valence-corrected chi connectivity index (χ0v) is 15.1. The monoisotopic (exact) mass is 417 g/mol. The van der Waals surface area contributed by atoms with Crippen LogP contribution in [-0.4, -0.2) is 24.5 Å². The Labute approximate surface area is 152 Å². The molecule has 0 saturated carbocycles. The highest BCUT2D eigenvalue weighted by Gasteiger charge is 2.20. The number of nitrogens with zero attached hydrogens (tertiary/aromatic N) is 1. The summed E-state index contributed by atoms with van der Waals surface area (Å²) in [7, 11) is -9.82. The highest BCUT2D eigenvalue weighted by Crippen LogP contribution is 2.43. The van der Waals surface area contributed by atoms with Crippen molar-refractivity contribution in [3.8, 4) is 11.5 Å². The van der Waals surface area contributed by atoms with Crippen molar-refractivity contribution in [3.05, 3.63) is 63.7 Å². The molecular formula is C14H13NO10P2. The predicted octanol–water partition coefficient (Wildman–Crippen LogP) is 2.71. The van der Waals surface area contributed by atoms with Gasteiger partial charge in [-0.15, -0.1) is 0 Å². The summed E-state index contributed by atoms with van der Waals surface area (Å²) >= 11 is 0. The smallest absolute Gasteiger partial charge is 0.404 e. The summed E-state index contributed by atoms with van der Waals surface area (Å²) < 4.78 is 30.8. The minimum Gasteiger partial charge on any atom is -0.404 e. The average molecular weight is 417 g/mol. The van der Waals surface area contributed by atoms with Crippen molar-refractivity contribution in [3.63, 3.8) is 0 Å². The van der Waals surface area contributed by atoms with E-state index < -0.39 is 20.6 Å². The highest BCUT2D eigenvalue weighted by molar-refractivity contribution is 7.47. The molecule has 0 spiro atoms. The summed E-state index contributed by atoms with van der Waals surface area (Å²) in [5, 5.41) is 10.6. The van der Waals surface area contributed by atoms with Crippen molar-refractivity contribution in [2.24, 2.45) is 0 Å². The van der Waals surface area contributed by atoms with Gasteiger partial charge in [-0.3, -0.25) is 29.7 Å². The zero-order chi connectivity index (χ0) is 20.2. The summed E-state index contributed by atoms with van der Waals surface area (Å²) in [5.41, 5.74) is 0.712. The molecule has 0 aliphatic rings. The summed E-state index contributed by atoms with van der Waals surface area (Å²) in [6, 6.07) is 8.82. The van der Waals surface area contributed by atoms with Crippen molar-refractivity contribution in [1.29, 1.82) is 0 Å². The molecule has 27 heavy (non-hydrogen) atoms. The molecule has 2 aromatic rings. The molecule has 144 valence electrons. The lowest BCUT2D eigenvalue weighted by Gasteiger charge is -2.11. The molecule has 13 heteroatoms. The van der Waals surface area contributed by atoms with Crippen LogP contribution in [-0.2, 0) is 9.13 Å². The normalized spacial score (nSPS) is 12.1. The van der Waals surface area contributed by atoms with Crippen molar-refractivity contribution >= 4 is 33.5 Å². The lowest BCUT2D eigenvalue weighted by molar-refractivity contribution is -0.384. The van der Waals surface area contributed by atoms with Crippen LogP contribution in [0, 0.1) is 10.1 Å².